The molecule has 0 spiro atoms. The molecule has 0 radical (unpaired) electrons. The van der Waals surface area contributed by atoms with Gasteiger partial charge in [-0.05, 0) is 19.3 Å². The largest absolute Gasteiger partial charge is 0.394 e. The number of hydrogen-bond donors (Lipinski definition) is 1. The molecule has 5 nitrogen and oxygen atoms in total. The van der Waals surface area contributed by atoms with Crippen molar-refractivity contribution in [2.45, 2.75) is 25.3 Å². The summed E-state index contributed by atoms with van der Waals surface area (Å²) in [4.78, 5) is 17.9. The standard InChI is InChI=1S/C11H17N3O2/c1-13-6-10(12-8-13)11(16)14-5-3-2-4-9(14)7-15/h6,8-9,15H,2-5,7H2,1H3. The van der Waals surface area contributed by atoms with Crippen molar-refractivity contribution in [2.75, 3.05) is 13.2 Å². The van der Waals surface area contributed by atoms with Crippen LogP contribution in [0.15, 0.2) is 12.5 Å². The van der Waals surface area contributed by atoms with Crippen molar-refractivity contribution in [3.05, 3.63) is 18.2 Å². The summed E-state index contributed by atoms with van der Waals surface area (Å²) in [6, 6.07) is -0.0387. The summed E-state index contributed by atoms with van der Waals surface area (Å²) in [7, 11) is 1.84. The van der Waals surface area contributed by atoms with Crippen LogP contribution in [0.2, 0.25) is 0 Å². The maximum absolute atomic E-state index is 12.1. The second-order valence-corrected chi connectivity index (χ2v) is 4.26. The van der Waals surface area contributed by atoms with Crippen molar-refractivity contribution in [1.82, 2.24) is 14.5 Å². The molecule has 1 unspecified atom stereocenters. The lowest BCUT2D eigenvalue weighted by Gasteiger charge is -2.34. The van der Waals surface area contributed by atoms with E-state index in [9.17, 15) is 9.90 Å². The van der Waals surface area contributed by atoms with Gasteiger partial charge in [0.25, 0.3) is 5.91 Å². The number of aryl methyl sites for hydroxylation is 1. The molecule has 0 aliphatic carbocycles. The summed E-state index contributed by atoms with van der Waals surface area (Å²) < 4.78 is 1.76. The van der Waals surface area contributed by atoms with Crippen LogP contribution in [0.4, 0.5) is 0 Å². The number of amides is 1. The fourth-order valence-electron chi connectivity index (χ4n) is 2.13. The molecule has 0 aromatic carbocycles. The average Bonchev–Trinajstić information content (AvgIpc) is 2.75. The van der Waals surface area contributed by atoms with Gasteiger partial charge in [-0.1, -0.05) is 0 Å². The Balaban J connectivity index is 2.13. The fraction of sp³-hybridized carbons (Fsp3) is 0.636. The number of aromatic nitrogens is 2. The Labute approximate surface area is 94.7 Å². The molecule has 1 fully saturated rings. The minimum atomic E-state index is -0.0700. The number of aliphatic hydroxyl groups is 1. The number of aliphatic hydroxyl groups excluding tert-OH is 1. The van der Waals surface area contributed by atoms with Gasteiger partial charge < -0.3 is 14.6 Å². The minimum Gasteiger partial charge on any atom is -0.394 e. The molecule has 1 aromatic rings. The van der Waals surface area contributed by atoms with Gasteiger partial charge in [-0.2, -0.15) is 0 Å². The van der Waals surface area contributed by atoms with Crippen LogP contribution in [-0.4, -0.2) is 44.7 Å². The van der Waals surface area contributed by atoms with Crippen molar-refractivity contribution in [3.63, 3.8) is 0 Å². The smallest absolute Gasteiger partial charge is 0.274 e. The van der Waals surface area contributed by atoms with Crippen LogP contribution in [0.25, 0.3) is 0 Å². The lowest BCUT2D eigenvalue weighted by molar-refractivity contribution is 0.0498. The van der Waals surface area contributed by atoms with Crippen LogP contribution in [0.3, 0.4) is 0 Å². The predicted molar refractivity (Wildman–Crippen MR) is 59.0 cm³/mol. The van der Waals surface area contributed by atoms with Crippen LogP contribution in [0.5, 0.6) is 0 Å². The quantitative estimate of drug-likeness (QED) is 0.790. The summed E-state index contributed by atoms with van der Waals surface area (Å²) >= 11 is 0. The zero-order chi connectivity index (χ0) is 11.5. The predicted octanol–water partition coefficient (Wildman–Crippen LogP) is 0.407. The maximum Gasteiger partial charge on any atom is 0.274 e. The molecule has 2 rings (SSSR count). The van der Waals surface area contributed by atoms with E-state index in [1.54, 1.807) is 22.0 Å². The second-order valence-electron chi connectivity index (χ2n) is 4.26. The van der Waals surface area contributed by atoms with Gasteiger partial charge in [0, 0.05) is 19.8 Å². The first-order valence-corrected chi connectivity index (χ1v) is 5.62. The molecule has 1 atom stereocenters. The van der Waals surface area contributed by atoms with Gasteiger partial charge in [0.1, 0.15) is 5.69 Å². The lowest BCUT2D eigenvalue weighted by atomic mass is 10.0. The van der Waals surface area contributed by atoms with E-state index >= 15 is 0 Å². The van der Waals surface area contributed by atoms with Crippen molar-refractivity contribution >= 4 is 5.91 Å². The Bertz CT molecular complexity index is 375. The molecule has 1 amide bonds. The van der Waals surface area contributed by atoms with Gasteiger partial charge in [0.15, 0.2) is 0 Å². The van der Waals surface area contributed by atoms with E-state index in [0.29, 0.717) is 5.69 Å². The Morgan fingerprint density at radius 2 is 2.44 bits per heavy atom. The highest BCUT2D eigenvalue weighted by molar-refractivity contribution is 5.92. The summed E-state index contributed by atoms with van der Waals surface area (Å²) in [6.45, 7) is 0.763. The van der Waals surface area contributed by atoms with E-state index < -0.39 is 0 Å². The van der Waals surface area contributed by atoms with Crippen molar-refractivity contribution in [2.24, 2.45) is 7.05 Å². The molecule has 1 N–H and O–H groups in total. The average molecular weight is 223 g/mol. The van der Waals surface area contributed by atoms with Gasteiger partial charge in [0.2, 0.25) is 0 Å². The van der Waals surface area contributed by atoms with Crippen molar-refractivity contribution in [3.8, 4) is 0 Å². The highest BCUT2D eigenvalue weighted by Gasteiger charge is 2.27. The number of carbonyl (C=O) groups excluding carboxylic acids is 1. The number of carbonyl (C=O) groups is 1. The molecule has 16 heavy (non-hydrogen) atoms. The van der Waals surface area contributed by atoms with Crippen molar-refractivity contribution < 1.29 is 9.90 Å². The number of nitrogens with zero attached hydrogens (tertiary/aromatic N) is 3. The van der Waals surface area contributed by atoms with E-state index in [0.717, 1.165) is 25.8 Å². The first kappa shape index (κ1) is 11.1. The fourth-order valence-corrected chi connectivity index (χ4v) is 2.13. The van der Waals surface area contributed by atoms with Crippen LogP contribution in [0.1, 0.15) is 29.8 Å². The highest BCUT2D eigenvalue weighted by Crippen LogP contribution is 2.18. The summed E-state index contributed by atoms with van der Waals surface area (Å²) in [5.41, 5.74) is 0.461. The Morgan fingerprint density at radius 1 is 1.62 bits per heavy atom. The van der Waals surface area contributed by atoms with Gasteiger partial charge in [0.05, 0.1) is 19.0 Å². The zero-order valence-electron chi connectivity index (χ0n) is 9.46. The Hall–Kier alpha value is -1.36. The van der Waals surface area contributed by atoms with Gasteiger partial charge in [-0.15, -0.1) is 0 Å². The van der Waals surface area contributed by atoms with Gasteiger partial charge >= 0.3 is 0 Å². The monoisotopic (exact) mass is 223 g/mol. The molecule has 1 aliphatic rings. The van der Waals surface area contributed by atoms with E-state index in [1.165, 1.54) is 0 Å². The third-order valence-corrected chi connectivity index (χ3v) is 3.02. The zero-order valence-corrected chi connectivity index (χ0v) is 9.46. The minimum absolute atomic E-state index is 0.0387. The van der Waals surface area contributed by atoms with Crippen LogP contribution in [-0.2, 0) is 7.05 Å². The lowest BCUT2D eigenvalue weighted by Crippen LogP contribution is -2.45. The highest BCUT2D eigenvalue weighted by atomic mass is 16.3. The molecular weight excluding hydrogens is 206 g/mol. The third kappa shape index (κ3) is 2.09. The third-order valence-electron chi connectivity index (χ3n) is 3.02. The molecule has 2 heterocycles. The SMILES string of the molecule is Cn1cnc(C(=O)N2CCCCC2CO)c1. The first-order chi connectivity index (χ1) is 7.72. The first-order valence-electron chi connectivity index (χ1n) is 5.62. The van der Waals surface area contributed by atoms with Gasteiger partial charge in [-0.25, -0.2) is 4.98 Å². The van der Waals surface area contributed by atoms with Crippen LogP contribution >= 0.6 is 0 Å². The number of hydrogen-bond acceptors (Lipinski definition) is 3. The Morgan fingerprint density at radius 3 is 3.06 bits per heavy atom. The Kier molecular flexibility index (Phi) is 3.24. The number of imidazole rings is 1. The molecule has 88 valence electrons. The van der Waals surface area contributed by atoms with Crippen LogP contribution in [0, 0.1) is 0 Å². The molecule has 5 heteroatoms. The van der Waals surface area contributed by atoms with E-state index in [1.807, 2.05) is 7.05 Å². The van der Waals surface area contributed by atoms with Crippen LogP contribution < -0.4 is 0 Å². The van der Waals surface area contributed by atoms with E-state index in [2.05, 4.69) is 4.98 Å². The number of rotatable bonds is 2. The summed E-state index contributed by atoms with van der Waals surface area (Å²) in [5, 5.41) is 9.24. The van der Waals surface area contributed by atoms with Gasteiger partial charge in [-0.3, -0.25) is 4.79 Å². The normalized spacial score (nSPS) is 21.1. The van der Waals surface area contributed by atoms with Crippen molar-refractivity contribution in [1.29, 1.82) is 0 Å². The number of piperidine rings is 1. The molecule has 1 aliphatic heterocycles. The molecule has 1 aromatic heterocycles. The molecule has 0 saturated carbocycles. The van der Waals surface area contributed by atoms with E-state index in [4.69, 9.17) is 0 Å². The summed E-state index contributed by atoms with van der Waals surface area (Å²) in [5.74, 6) is -0.0700. The molecule has 1 saturated heterocycles. The maximum atomic E-state index is 12.1. The topological polar surface area (TPSA) is 58.4 Å². The second kappa shape index (κ2) is 4.65. The molecule has 0 bridgehead atoms. The van der Waals surface area contributed by atoms with E-state index in [-0.39, 0.29) is 18.6 Å². The molecular formula is C11H17N3O2. The summed E-state index contributed by atoms with van der Waals surface area (Å²) in [6.07, 6.45) is 6.30. The number of likely N-dealkylation sites (tertiary alicyclic amines) is 1.